The number of fused-ring (bicyclic) bond motifs is 1. The van der Waals surface area contributed by atoms with E-state index in [-0.39, 0.29) is 0 Å². The second kappa shape index (κ2) is 7.83. The second-order valence-corrected chi connectivity index (χ2v) is 8.68. The third kappa shape index (κ3) is 4.32. The minimum Gasteiger partial charge on any atom is -0.382 e. The Morgan fingerprint density at radius 2 is 2.00 bits per heavy atom. The van der Waals surface area contributed by atoms with Crippen LogP contribution in [0.1, 0.15) is 19.8 Å². The van der Waals surface area contributed by atoms with Crippen molar-refractivity contribution in [3.05, 3.63) is 34.6 Å². The number of benzene rings is 1. The fourth-order valence-electron chi connectivity index (χ4n) is 3.07. The normalized spacial score (nSPS) is 15.4. The van der Waals surface area contributed by atoms with Crippen molar-refractivity contribution in [2.75, 3.05) is 12.3 Å². The minimum absolute atomic E-state index is 0.379. The van der Waals surface area contributed by atoms with E-state index in [1.807, 2.05) is 12.1 Å². The average molecular weight is 423 g/mol. The maximum Gasteiger partial charge on any atom is 0.175 e. The summed E-state index contributed by atoms with van der Waals surface area (Å²) in [6.45, 7) is 3.81. The number of rotatable bonds is 7. The zero-order valence-electron chi connectivity index (χ0n) is 14.8. The van der Waals surface area contributed by atoms with Crippen LogP contribution in [0, 0.1) is 5.92 Å². The highest BCUT2D eigenvalue weighted by atomic mass is 35.5. The van der Waals surface area contributed by atoms with Crippen molar-refractivity contribution in [3.8, 4) is 0 Å². The van der Waals surface area contributed by atoms with E-state index in [4.69, 9.17) is 28.9 Å². The molecule has 6 nitrogen and oxygen atoms in total. The lowest BCUT2D eigenvalue weighted by Gasteiger charge is -2.14. The highest BCUT2D eigenvalue weighted by Gasteiger charge is 2.27. The predicted octanol–water partition coefficient (Wildman–Crippen LogP) is 4.25. The summed E-state index contributed by atoms with van der Waals surface area (Å²) in [5, 5.41) is 5.56. The van der Waals surface area contributed by atoms with Crippen LogP contribution in [0.25, 0.3) is 11.2 Å². The first-order chi connectivity index (χ1) is 13.0. The van der Waals surface area contributed by atoms with Crippen LogP contribution < -0.4 is 11.1 Å². The highest BCUT2D eigenvalue weighted by molar-refractivity contribution is 7.99. The van der Waals surface area contributed by atoms with E-state index in [2.05, 4.69) is 31.8 Å². The molecule has 1 unspecified atom stereocenters. The van der Waals surface area contributed by atoms with E-state index in [1.54, 1.807) is 6.07 Å². The fourth-order valence-corrected chi connectivity index (χ4v) is 4.74. The van der Waals surface area contributed by atoms with Gasteiger partial charge in [-0.2, -0.15) is 0 Å². The molecule has 0 aliphatic heterocycles. The standard InChI is InChI=1S/C18H20Cl2N6S/c1-10(11-2-3-11)22-4-5-26-17-15(16(21)23-9-24-17)25-18(26)27-14-7-12(19)6-13(20)8-14/h6-11,22H,2-5H2,1H3,(H2,21,23,24). The Hall–Kier alpha value is -1.54. The zero-order chi connectivity index (χ0) is 19.0. The van der Waals surface area contributed by atoms with Crippen LogP contribution in [-0.2, 0) is 6.54 Å². The third-order valence-electron chi connectivity index (χ3n) is 4.70. The summed E-state index contributed by atoms with van der Waals surface area (Å²) in [5.41, 5.74) is 7.36. The van der Waals surface area contributed by atoms with E-state index < -0.39 is 0 Å². The van der Waals surface area contributed by atoms with Gasteiger partial charge in [-0.25, -0.2) is 15.0 Å². The molecule has 1 aliphatic rings. The maximum absolute atomic E-state index is 6.14. The molecule has 0 radical (unpaired) electrons. The van der Waals surface area contributed by atoms with Gasteiger partial charge in [-0.3, -0.25) is 0 Å². The molecule has 0 bridgehead atoms. The lowest BCUT2D eigenvalue weighted by atomic mass is 10.2. The summed E-state index contributed by atoms with van der Waals surface area (Å²) in [5.74, 6) is 1.19. The van der Waals surface area contributed by atoms with E-state index >= 15 is 0 Å². The van der Waals surface area contributed by atoms with Crippen LogP contribution in [0.15, 0.2) is 34.6 Å². The summed E-state index contributed by atoms with van der Waals surface area (Å²) >= 11 is 13.8. The molecule has 2 aromatic heterocycles. The number of hydrogen-bond donors (Lipinski definition) is 2. The Kier molecular flexibility index (Phi) is 5.45. The summed E-state index contributed by atoms with van der Waals surface area (Å²) in [6.07, 6.45) is 4.12. The van der Waals surface area contributed by atoms with Crippen molar-refractivity contribution < 1.29 is 0 Å². The first kappa shape index (κ1) is 18.8. The number of hydrogen-bond acceptors (Lipinski definition) is 6. The van der Waals surface area contributed by atoms with Gasteiger partial charge in [0.15, 0.2) is 22.1 Å². The summed E-state index contributed by atoms with van der Waals surface area (Å²) < 4.78 is 2.07. The van der Waals surface area contributed by atoms with Crippen molar-refractivity contribution in [1.82, 2.24) is 24.8 Å². The second-order valence-electron chi connectivity index (χ2n) is 6.76. The average Bonchev–Trinajstić information content (AvgIpc) is 3.39. The van der Waals surface area contributed by atoms with E-state index in [9.17, 15) is 0 Å². The smallest absolute Gasteiger partial charge is 0.175 e. The highest BCUT2D eigenvalue weighted by Crippen LogP contribution is 2.34. The number of nitrogens with two attached hydrogens (primary N) is 1. The lowest BCUT2D eigenvalue weighted by molar-refractivity contribution is 0.469. The van der Waals surface area contributed by atoms with E-state index in [0.717, 1.165) is 34.7 Å². The lowest BCUT2D eigenvalue weighted by Crippen LogP contribution is -2.31. The molecule has 4 rings (SSSR count). The van der Waals surface area contributed by atoms with Gasteiger partial charge in [-0.1, -0.05) is 35.0 Å². The summed E-state index contributed by atoms with van der Waals surface area (Å²) in [4.78, 5) is 14.0. The number of imidazole rings is 1. The third-order valence-corrected chi connectivity index (χ3v) is 6.10. The van der Waals surface area contributed by atoms with E-state index in [0.29, 0.717) is 27.4 Å². The van der Waals surface area contributed by atoms with Crippen LogP contribution in [0.4, 0.5) is 5.82 Å². The van der Waals surface area contributed by atoms with Crippen LogP contribution in [0.2, 0.25) is 10.0 Å². The minimum atomic E-state index is 0.379. The number of nitrogens with zero attached hydrogens (tertiary/aromatic N) is 4. The molecule has 1 atom stereocenters. The molecule has 1 aromatic carbocycles. The van der Waals surface area contributed by atoms with Crippen molar-refractivity contribution in [1.29, 1.82) is 0 Å². The quantitative estimate of drug-likeness (QED) is 0.591. The molecule has 142 valence electrons. The number of anilines is 1. The Morgan fingerprint density at radius 1 is 1.26 bits per heavy atom. The molecule has 2 heterocycles. The van der Waals surface area contributed by atoms with Gasteiger partial charge in [0.05, 0.1) is 0 Å². The van der Waals surface area contributed by atoms with Crippen molar-refractivity contribution in [2.45, 2.75) is 42.4 Å². The van der Waals surface area contributed by atoms with Crippen molar-refractivity contribution in [2.24, 2.45) is 5.92 Å². The number of nitrogen functional groups attached to an aromatic ring is 1. The molecule has 0 spiro atoms. The molecule has 27 heavy (non-hydrogen) atoms. The molecular formula is C18H20Cl2N6S. The first-order valence-corrected chi connectivity index (χ1v) is 10.4. The van der Waals surface area contributed by atoms with Crippen molar-refractivity contribution >= 4 is 51.9 Å². The molecule has 0 saturated heterocycles. The van der Waals surface area contributed by atoms with Gasteiger partial charge in [0, 0.05) is 34.1 Å². The Labute approximate surface area is 171 Å². The first-order valence-electron chi connectivity index (χ1n) is 8.85. The monoisotopic (exact) mass is 422 g/mol. The van der Waals surface area contributed by atoms with Crippen LogP contribution in [-0.4, -0.2) is 32.1 Å². The fraction of sp³-hybridized carbons (Fsp3) is 0.389. The Balaban J connectivity index is 1.62. The molecule has 1 fully saturated rings. The van der Waals surface area contributed by atoms with Gasteiger partial charge in [0.1, 0.15) is 6.33 Å². The largest absolute Gasteiger partial charge is 0.382 e. The molecule has 0 amide bonds. The van der Waals surface area contributed by atoms with Crippen LogP contribution in [0.3, 0.4) is 0 Å². The van der Waals surface area contributed by atoms with E-state index in [1.165, 1.54) is 30.9 Å². The predicted molar refractivity (Wildman–Crippen MR) is 111 cm³/mol. The Bertz CT molecular complexity index is 952. The van der Waals surface area contributed by atoms with Crippen LogP contribution >= 0.6 is 35.0 Å². The van der Waals surface area contributed by atoms with Gasteiger partial charge in [0.25, 0.3) is 0 Å². The topological polar surface area (TPSA) is 81.7 Å². The van der Waals surface area contributed by atoms with Gasteiger partial charge in [0.2, 0.25) is 0 Å². The molecule has 9 heteroatoms. The van der Waals surface area contributed by atoms with Crippen molar-refractivity contribution in [3.63, 3.8) is 0 Å². The maximum atomic E-state index is 6.14. The zero-order valence-corrected chi connectivity index (χ0v) is 17.2. The number of halogens is 2. The van der Waals surface area contributed by atoms with Gasteiger partial charge >= 0.3 is 0 Å². The molecule has 3 aromatic rings. The van der Waals surface area contributed by atoms with Gasteiger partial charge in [-0.15, -0.1) is 0 Å². The molecule has 3 N–H and O–H groups in total. The summed E-state index contributed by atoms with van der Waals surface area (Å²) in [7, 11) is 0. The van der Waals surface area contributed by atoms with Gasteiger partial charge in [-0.05, 0) is 43.9 Å². The Morgan fingerprint density at radius 3 is 2.70 bits per heavy atom. The summed E-state index contributed by atoms with van der Waals surface area (Å²) in [6, 6.07) is 5.97. The van der Waals surface area contributed by atoms with Gasteiger partial charge < -0.3 is 15.6 Å². The van der Waals surface area contributed by atoms with Crippen LogP contribution in [0.5, 0.6) is 0 Å². The SMILES string of the molecule is CC(NCCn1c(Sc2cc(Cl)cc(Cl)c2)nc2c(N)ncnc21)C1CC1. The number of aromatic nitrogens is 4. The molecule has 1 saturated carbocycles. The molecular weight excluding hydrogens is 403 g/mol. The number of nitrogens with one attached hydrogen (secondary N) is 1. The molecule has 1 aliphatic carbocycles.